The average molecular weight is 708 g/mol. The molecule has 0 saturated heterocycles. The highest BCUT2D eigenvalue weighted by molar-refractivity contribution is 7.98. The number of rotatable bonds is 16. The molecule has 0 radical (unpaired) electrons. The molecule has 0 fully saturated rings. The van der Waals surface area contributed by atoms with Crippen LogP contribution in [0.4, 0.5) is 5.69 Å². The second-order valence-electron chi connectivity index (χ2n) is 11.3. The number of thioether (sulfide) groups is 1. The van der Waals surface area contributed by atoms with Gasteiger partial charge in [0, 0.05) is 28.9 Å². The van der Waals surface area contributed by atoms with E-state index in [2.05, 4.69) is 5.32 Å². The Morgan fingerprint density at radius 1 is 0.896 bits per heavy atom. The molecular formula is C37H42ClN3O5S2. The van der Waals surface area contributed by atoms with Gasteiger partial charge in [-0.15, -0.1) is 11.8 Å². The van der Waals surface area contributed by atoms with Gasteiger partial charge in [0.25, 0.3) is 10.0 Å². The minimum Gasteiger partial charge on any atom is -0.494 e. The predicted molar refractivity (Wildman–Crippen MR) is 194 cm³/mol. The van der Waals surface area contributed by atoms with Gasteiger partial charge in [0.2, 0.25) is 11.8 Å². The molecular weight excluding hydrogens is 666 g/mol. The number of amides is 2. The molecule has 0 heterocycles. The summed E-state index contributed by atoms with van der Waals surface area (Å²) in [6, 6.07) is 28.5. The molecule has 11 heteroatoms. The highest BCUT2D eigenvalue weighted by Gasteiger charge is 2.35. The number of ether oxygens (including phenoxy) is 1. The number of nitrogens with zero attached hydrogens (tertiary/aromatic N) is 2. The lowest BCUT2D eigenvalue weighted by Gasteiger charge is -2.34. The predicted octanol–water partition coefficient (Wildman–Crippen LogP) is 7.21. The quantitative estimate of drug-likeness (QED) is 0.124. The number of carbonyl (C=O) groups excluding carboxylic acids is 2. The Morgan fingerprint density at radius 2 is 1.54 bits per heavy atom. The fourth-order valence-corrected chi connectivity index (χ4v) is 7.10. The Kier molecular flexibility index (Phi) is 13.4. The third-order valence-electron chi connectivity index (χ3n) is 7.93. The maximum atomic E-state index is 14.7. The molecule has 2 amide bonds. The van der Waals surface area contributed by atoms with Crippen LogP contribution in [-0.4, -0.2) is 56.6 Å². The van der Waals surface area contributed by atoms with Gasteiger partial charge in [-0.1, -0.05) is 67.1 Å². The SMILES string of the molecule is CCOc1ccc(N(CC(=O)N(Cc2ccccc2Cl)C(Cc2ccccc2)C(=O)NC(C)CC)S(=O)(=O)c2ccc(SC)cc2)cc1. The van der Waals surface area contributed by atoms with Crippen molar-refractivity contribution in [3.05, 3.63) is 119 Å². The molecule has 254 valence electrons. The largest absolute Gasteiger partial charge is 0.494 e. The van der Waals surface area contributed by atoms with Crippen LogP contribution < -0.4 is 14.4 Å². The van der Waals surface area contributed by atoms with Crippen molar-refractivity contribution in [1.82, 2.24) is 10.2 Å². The second kappa shape index (κ2) is 17.4. The number of anilines is 1. The molecule has 0 spiro atoms. The Balaban J connectivity index is 1.82. The van der Waals surface area contributed by atoms with Crippen LogP contribution in [0.3, 0.4) is 0 Å². The first-order chi connectivity index (χ1) is 23.1. The lowest BCUT2D eigenvalue weighted by atomic mass is 10.0. The van der Waals surface area contributed by atoms with E-state index in [1.807, 2.05) is 63.4 Å². The van der Waals surface area contributed by atoms with Gasteiger partial charge in [0.1, 0.15) is 18.3 Å². The van der Waals surface area contributed by atoms with Gasteiger partial charge in [-0.25, -0.2) is 8.42 Å². The van der Waals surface area contributed by atoms with E-state index in [1.54, 1.807) is 54.6 Å². The molecule has 1 N–H and O–H groups in total. The average Bonchev–Trinajstić information content (AvgIpc) is 3.10. The van der Waals surface area contributed by atoms with E-state index in [1.165, 1.54) is 28.8 Å². The zero-order valence-electron chi connectivity index (χ0n) is 27.6. The monoisotopic (exact) mass is 707 g/mol. The molecule has 0 aliphatic carbocycles. The highest BCUT2D eigenvalue weighted by atomic mass is 35.5. The number of sulfonamides is 1. The Hall–Kier alpha value is -3.99. The summed E-state index contributed by atoms with van der Waals surface area (Å²) in [5.41, 5.74) is 1.76. The molecule has 4 aromatic carbocycles. The minimum atomic E-state index is -4.23. The fourth-order valence-electron chi connectivity index (χ4n) is 5.08. The van der Waals surface area contributed by atoms with Crippen molar-refractivity contribution in [3.63, 3.8) is 0 Å². The lowest BCUT2D eigenvalue weighted by Crippen LogP contribution is -2.54. The summed E-state index contributed by atoms with van der Waals surface area (Å²) in [7, 11) is -4.23. The van der Waals surface area contributed by atoms with Gasteiger partial charge >= 0.3 is 0 Å². The number of carbonyl (C=O) groups is 2. The molecule has 48 heavy (non-hydrogen) atoms. The Bertz CT molecular complexity index is 1750. The van der Waals surface area contributed by atoms with Crippen molar-refractivity contribution >= 4 is 50.9 Å². The van der Waals surface area contributed by atoms with Crippen LogP contribution in [0.15, 0.2) is 113 Å². The zero-order valence-corrected chi connectivity index (χ0v) is 30.0. The van der Waals surface area contributed by atoms with Crippen molar-refractivity contribution in [2.24, 2.45) is 0 Å². The molecule has 0 aliphatic rings. The van der Waals surface area contributed by atoms with Crippen LogP contribution in [-0.2, 0) is 32.6 Å². The van der Waals surface area contributed by atoms with E-state index in [0.717, 1.165) is 14.8 Å². The Labute approximate surface area is 293 Å². The highest BCUT2D eigenvalue weighted by Crippen LogP contribution is 2.29. The third kappa shape index (κ3) is 9.55. The second-order valence-corrected chi connectivity index (χ2v) is 14.4. The number of hydrogen-bond acceptors (Lipinski definition) is 6. The molecule has 0 saturated carbocycles. The molecule has 4 aromatic rings. The molecule has 2 atom stereocenters. The van der Waals surface area contributed by atoms with E-state index in [4.69, 9.17) is 16.3 Å². The number of benzene rings is 4. The summed E-state index contributed by atoms with van der Waals surface area (Å²) in [4.78, 5) is 31.0. The van der Waals surface area contributed by atoms with E-state index < -0.39 is 28.5 Å². The van der Waals surface area contributed by atoms with E-state index in [0.29, 0.717) is 29.4 Å². The normalized spacial score (nSPS) is 12.5. The summed E-state index contributed by atoms with van der Waals surface area (Å²) in [5.74, 6) is -0.329. The van der Waals surface area contributed by atoms with E-state index in [-0.39, 0.29) is 35.5 Å². The van der Waals surface area contributed by atoms with Gasteiger partial charge in [-0.3, -0.25) is 13.9 Å². The van der Waals surface area contributed by atoms with Crippen molar-refractivity contribution in [2.75, 3.05) is 23.7 Å². The molecule has 0 aliphatic heterocycles. The molecule has 2 unspecified atom stereocenters. The van der Waals surface area contributed by atoms with Crippen LogP contribution in [0.1, 0.15) is 38.3 Å². The standard InChI is InChI=1S/C37H42ClN3O5S2/c1-5-27(3)39-37(43)35(24-28-12-8-7-9-13-28)40(25-29-14-10-11-15-34(29)38)36(42)26-41(30-16-18-31(19-17-30)46-6-2)48(44,45)33-22-20-32(47-4)21-23-33/h7-23,27,35H,5-6,24-26H2,1-4H3,(H,39,43). The van der Waals surface area contributed by atoms with Gasteiger partial charge < -0.3 is 15.0 Å². The van der Waals surface area contributed by atoms with Crippen LogP contribution in [0.2, 0.25) is 5.02 Å². The maximum Gasteiger partial charge on any atom is 0.264 e. The smallest absolute Gasteiger partial charge is 0.264 e. The van der Waals surface area contributed by atoms with Crippen LogP contribution >= 0.6 is 23.4 Å². The van der Waals surface area contributed by atoms with E-state index in [9.17, 15) is 18.0 Å². The van der Waals surface area contributed by atoms with Crippen LogP contribution in [0.25, 0.3) is 0 Å². The zero-order chi connectivity index (χ0) is 34.7. The van der Waals surface area contributed by atoms with Crippen molar-refractivity contribution in [2.45, 2.75) is 62.0 Å². The lowest BCUT2D eigenvalue weighted by molar-refractivity contribution is -0.140. The molecule has 4 rings (SSSR count). The number of nitrogens with one attached hydrogen (secondary N) is 1. The van der Waals surface area contributed by atoms with Gasteiger partial charge in [0.15, 0.2) is 0 Å². The first-order valence-electron chi connectivity index (χ1n) is 15.8. The third-order valence-corrected chi connectivity index (χ3v) is 10.8. The molecule has 8 nitrogen and oxygen atoms in total. The molecule has 0 bridgehead atoms. The van der Waals surface area contributed by atoms with Crippen molar-refractivity contribution < 1.29 is 22.7 Å². The van der Waals surface area contributed by atoms with Gasteiger partial charge in [-0.05, 0) is 92.2 Å². The Morgan fingerprint density at radius 3 is 2.15 bits per heavy atom. The first kappa shape index (κ1) is 36.8. The summed E-state index contributed by atoms with van der Waals surface area (Å²) in [6.07, 6.45) is 2.82. The van der Waals surface area contributed by atoms with Gasteiger partial charge in [0.05, 0.1) is 17.2 Å². The topological polar surface area (TPSA) is 96.0 Å². The minimum absolute atomic E-state index is 0.0104. The molecule has 0 aromatic heterocycles. The van der Waals surface area contributed by atoms with Crippen molar-refractivity contribution in [3.8, 4) is 5.75 Å². The fraction of sp³-hybridized carbons (Fsp3) is 0.297. The summed E-state index contributed by atoms with van der Waals surface area (Å²) >= 11 is 8.08. The van der Waals surface area contributed by atoms with E-state index >= 15 is 0 Å². The summed E-state index contributed by atoms with van der Waals surface area (Å²) in [5, 5.41) is 3.47. The maximum absolute atomic E-state index is 14.7. The summed E-state index contributed by atoms with van der Waals surface area (Å²) in [6.45, 7) is 5.60. The van der Waals surface area contributed by atoms with Crippen molar-refractivity contribution in [1.29, 1.82) is 0 Å². The van der Waals surface area contributed by atoms with Crippen LogP contribution in [0, 0.1) is 0 Å². The summed E-state index contributed by atoms with van der Waals surface area (Å²) < 4.78 is 35.3. The van der Waals surface area contributed by atoms with Crippen LogP contribution in [0.5, 0.6) is 5.75 Å². The number of hydrogen-bond donors (Lipinski definition) is 1. The number of halogens is 1. The van der Waals surface area contributed by atoms with Gasteiger partial charge in [-0.2, -0.15) is 0 Å². The first-order valence-corrected chi connectivity index (χ1v) is 18.9.